The first kappa shape index (κ1) is 12.4. The zero-order valence-electron chi connectivity index (χ0n) is 10.1. The van der Waals surface area contributed by atoms with E-state index in [9.17, 15) is 5.11 Å². The van der Waals surface area contributed by atoms with Gasteiger partial charge in [-0.05, 0) is 29.9 Å². The summed E-state index contributed by atoms with van der Waals surface area (Å²) in [5.41, 5.74) is 7.80. The second-order valence-corrected chi connectivity index (χ2v) is 5.83. The molecule has 0 saturated carbocycles. The molecule has 1 aliphatic rings. The Bertz CT molecular complexity index is 468. The third-order valence-corrected chi connectivity index (χ3v) is 3.26. The van der Waals surface area contributed by atoms with Gasteiger partial charge in [0, 0.05) is 11.8 Å². The maximum absolute atomic E-state index is 9.87. The van der Waals surface area contributed by atoms with E-state index in [2.05, 4.69) is 18.8 Å². The zero-order chi connectivity index (χ0) is 12.6. The minimum atomic E-state index is -0.424. The SMILES string of the molecule is CC1(C)CC(c2cc(Cl)cnc2N)=CC(O)C1. The van der Waals surface area contributed by atoms with E-state index >= 15 is 0 Å². The lowest BCUT2D eigenvalue weighted by atomic mass is 9.74. The van der Waals surface area contributed by atoms with Gasteiger partial charge in [0.15, 0.2) is 0 Å². The van der Waals surface area contributed by atoms with Crippen molar-refractivity contribution in [2.75, 3.05) is 5.73 Å². The molecule has 0 aliphatic heterocycles. The molecule has 1 aromatic heterocycles. The largest absolute Gasteiger partial charge is 0.389 e. The molecule has 0 saturated heterocycles. The van der Waals surface area contributed by atoms with Crippen LogP contribution in [0.2, 0.25) is 5.02 Å². The molecule has 2 rings (SSSR count). The van der Waals surface area contributed by atoms with Crippen molar-refractivity contribution in [3.8, 4) is 0 Å². The molecular weight excluding hydrogens is 236 g/mol. The van der Waals surface area contributed by atoms with E-state index in [1.807, 2.05) is 12.1 Å². The standard InChI is InChI=1S/C13H17ClN2O/c1-13(2)5-8(3-10(17)6-13)11-4-9(14)7-16-12(11)15/h3-4,7,10,17H,5-6H2,1-2H3,(H2,15,16). The fraction of sp³-hybridized carbons (Fsp3) is 0.462. The van der Waals surface area contributed by atoms with Crippen LogP contribution in [0.4, 0.5) is 5.82 Å². The normalized spacial score (nSPS) is 23.3. The molecule has 1 aromatic rings. The van der Waals surface area contributed by atoms with Gasteiger partial charge in [0.2, 0.25) is 0 Å². The number of nitrogens with two attached hydrogens (primary N) is 1. The Morgan fingerprint density at radius 1 is 1.53 bits per heavy atom. The van der Waals surface area contributed by atoms with Gasteiger partial charge in [-0.1, -0.05) is 31.5 Å². The lowest BCUT2D eigenvalue weighted by molar-refractivity contribution is 0.146. The van der Waals surface area contributed by atoms with Crippen molar-refractivity contribution in [2.45, 2.75) is 32.8 Å². The quantitative estimate of drug-likeness (QED) is 0.808. The number of aromatic nitrogens is 1. The van der Waals surface area contributed by atoms with Gasteiger partial charge in [0.25, 0.3) is 0 Å². The number of halogens is 1. The number of nitrogen functional groups attached to an aromatic ring is 1. The van der Waals surface area contributed by atoms with Gasteiger partial charge in [-0.25, -0.2) is 4.98 Å². The van der Waals surface area contributed by atoms with E-state index < -0.39 is 6.10 Å². The van der Waals surface area contributed by atoms with Crippen LogP contribution in [0.25, 0.3) is 5.57 Å². The van der Waals surface area contributed by atoms with Crippen LogP contribution in [-0.4, -0.2) is 16.2 Å². The zero-order valence-corrected chi connectivity index (χ0v) is 10.8. The van der Waals surface area contributed by atoms with Crippen LogP contribution in [0.15, 0.2) is 18.3 Å². The molecule has 0 fully saturated rings. The average Bonchev–Trinajstić information content (AvgIpc) is 2.18. The average molecular weight is 253 g/mol. The predicted molar refractivity (Wildman–Crippen MR) is 70.7 cm³/mol. The van der Waals surface area contributed by atoms with Gasteiger partial charge in [0.05, 0.1) is 11.1 Å². The van der Waals surface area contributed by atoms with Crippen LogP contribution in [0.3, 0.4) is 0 Å². The minimum absolute atomic E-state index is 0.0677. The van der Waals surface area contributed by atoms with Crippen molar-refractivity contribution in [2.24, 2.45) is 5.41 Å². The summed E-state index contributed by atoms with van der Waals surface area (Å²) in [5.74, 6) is 0.463. The lowest BCUT2D eigenvalue weighted by Crippen LogP contribution is -2.24. The first-order chi connectivity index (χ1) is 7.87. The Balaban J connectivity index is 2.43. The number of allylic oxidation sites excluding steroid dienone is 1. The van der Waals surface area contributed by atoms with Gasteiger partial charge in [-0.2, -0.15) is 0 Å². The summed E-state index contributed by atoms with van der Waals surface area (Å²) in [7, 11) is 0. The Labute approximate surface area is 106 Å². The number of rotatable bonds is 1. The van der Waals surface area contributed by atoms with Gasteiger partial charge < -0.3 is 10.8 Å². The molecule has 3 nitrogen and oxygen atoms in total. The molecule has 4 heteroatoms. The molecule has 0 amide bonds. The fourth-order valence-corrected chi connectivity index (χ4v) is 2.55. The summed E-state index contributed by atoms with van der Waals surface area (Å²) >= 11 is 5.94. The van der Waals surface area contributed by atoms with Crippen molar-refractivity contribution in [1.82, 2.24) is 4.98 Å². The molecule has 1 aliphatic carbocycles. The van der Waals surface area contributed by atoms with Gasteiger partial charge >= 0.3 is 0 Å². The number of nitrogens with zero attached hydrogens (tertiary/aromatic N) is 1. The third kappa shape index (κ3) is 2.79. The van der Waals surface area contributed by atoms with Gasteiger partial charge in [0.1, 0.15) is 5.82 Å². The van der Waals surface area contributed by atoms with Crippen molar-refractivity contribution in [3.63, 3.8) is 0 Å². The molecule has 0 radical (unpaired) electrons. The number of hydrogen-bond donors (Lipinski definition) is 2. The highest BCUT2D eigenvalue weighted by Gasteiger charge is 2.29. The maximum Gasteiger partial charge on any atom is 0.130 e. The molecule has 0 aromatic carbocycles. The number of hydrogen-bond acceptors (Lipinski definition) is 3. The summed E-state index contributed by atoms with van der Waals surface area (Å²) in [6, 6.07) is 1.81. The van der Waals surface area contributed by atoms with E-state index in [1.165, 1.54) is 6.20 Å². The van der Waals surface area contributed by atoms with Crippen molar-refractivity contribution < 1.29 is 5.11 Å². The summed E-state index contributed by atoms with van der Waals surface area (Å²) in [5, 5.41) is 10.4. The predicted octanol–water partition coefficient (Wildman–Crippen LogP) is 2.88. The molecule has 0 spiro atoms. The Hall–Kier alpha value is -1.06. The number of anilines is 1. The van der Waals surface area contributed by atoms with Gasteiger partial charge in [-0.15, -0.1) is 0 Å². The van der Waals surface area contributed by atoms with E-state index in [-0.39, 0.29) is 5.41 Å². The second kappa shape index (κ2) is 4.31. The molecular formula is C13H17ClN2O. The summed E-state index contributed by atoms with van der Waals surface area (Å²) < 4.78 is 0. The molecule has 0 bridgehead atoms. The van der Waals surface area contributed by atoms with E-state index in [0.717, 1.165) is 24.0 Å². The number of pyridine rings is 1. The summed E-state index contributed by atoms with van der Waals surface area (Å²) in [6.45, 7) is 4.27. The monoisotopic (exact) mass is 252 g/mol. The molecule has 1 heterocycles. The van der Waals surface area contributed by atoms with Gasteiger partial charge in [-0.3, -0.25) is 0 Å². The minimum Gasteiger partial charge on any atom is -0.389 e. The highest BCUT2D eigenvalue weighted by atomic mass is 35.5. The summed E-state index contributed by atoms with van der Waals surface area (Å²) in [6.07, 6.45) is 4.60. The molecule has 1 atom stereocenters. The molecule has 92 valence electrons. The highest BCUT2D eigenvalue weighted by Crippen LogP contribution is 2.40. The van der Waals surface area contributed by atoms with Crippen molar-refractivity contribution in [1.29, 1.82) is 0 Å². The fourth-order valence-electron chi connectivity index (χ4n) is 2.40. The van der Waals surface area contributed by atoms with Crippen LogP contribution in [0.1, 0.15) is 32.3 Å². The molecule has 1 unspecified atom stereocenters. The number of aliphatic hydroxyl groups is 1. The second-order valence-electron chi connectivity index (χ2n) is 5.39. The molecule has 17 heavy (non-hydrogen) atoms. The molecule has 3 N–H and O–H groups in total. The van der Waals surface area contributed by atoms with E-state index in [4.69, 9.17) is 17.3 Å². The topological polar surface area (TPSA) is 59.1 Å². The Kier molecular flexibility index (Phi) is 3.15. The Morgan fingerprint density at radius 2 is 2.24 bits per heavy atom. The van der Waals surface area contributed by atoms with Crippen LogP contribution < -0.4 is 5.73 Å². The van der Waals surface area contributed by atoms with Crippen LogP contribution in [0, 0.1) is 5.41 Å². The third-order valence-electron chi connectivity index (χ3n) is 3.06. The summed E-state index contributed by atoms with van der Waals surface area (Å²) in [4.78, 5) is 4.05. The van der Waals surface area contributed by atoms with Crippen LogP contribution in [0.5, 0.6) is 0 Å². The Morgan fingerprint density at radius 3 is 2.88 bits per heavy atom. The lowest BCUT2D eigenvalue weighted by Gasteiger charge is -2.32. The van der Waals surface area contributed by atoms with Crippen LogP contribution >= 0.6 is 11.6 Å². The first-order valence-corrected chi connectivity index (χ1v) is 6.05. The van der Waals surface area contributed by atoms with E-state index in [1.54, 1.807) is 0 Å². The van der Waals surface area contributed by atoms with E-state index in [0.29, 0.717) is 10.8 Å². The smallest absolute Gasteiger partial charge is 0.130 e. The van der Waals surface area contributed by atoms with Crippen LogP contribution in [-0.2, 0) is 0 Å². The maximum atomic E-state index is 9.87. The number of aliphatic hydroxyl groups excluding tert-OH is 1. The van der Waals surface area contributed by atoms with Crippen molar-refractivity contribution >= 4 is 23.0 Å². The first-order valence-electron chi connectivity index (χ1n) is 5.67. The highest BCUT2D eigenvalue weighted by molar-refractivity contribution is 6.30. The van der Waals surface area contributed by atoms with Crippen molar-refractivity contribution in [3.05, 3.63) is 28.9 Å².